The summed E-state index contributed by atoms with van der Waals surface area (Å²) in [5.41, 5.74) is 0.144. The Morgan fingerprint density at radius 3 is 2.60 bits per heavy atom. The van der Waals surface area contributed by atoms with Crippen LogP contribution in [0.5, 0.6) is 0 Å². The first kappa shape index (κ1) is 12.2. The van der Waals surface area contributed by atoms with E-state index >= 15 is 0 Å². The number of carbonyl (C=O) groups is 1. The zero-order valence-corrected chi connectivity index (χ0v) is 9.37. The Labute approximate surface area is 91.1 Å². The Balaban J connectivity index is 2.24. The van der Waals surface area contributed by atoms with Crippen molar-refractivity contribution in [3.05, 3.63) is 12.2 Å². The molecule has 0 amide bonds. The Hall–Kier alpha value is -0.830. The Bertz CT molecular complexity index is 227. The monoisotopic (exact) mass is 212 g/mol. The minimum atomic E-state index is -0.816. The van der Waals surface area contributed by atoms with E-state index < -0.39 is 12.1 Å². The maximum Gasteiger partial charge on any atom is 0.336 e. The van der Waals surface area contributed by atoms with Gasteiger partial charge in [-0.25, -0.2) is 4.79 Å². The molecule has 1 atom stereocenters. The summed E-state index contributed by atoms with van der Waals surface area (Å²) in [5, 5.41) is 9.13. The summed E-state index contributed by atoms with van der Waals surface area (Å²) in [4.78, 5) is 11.3. The molecule has 1 rings (SSSR count). The molecule has 86 valence electrons. The molecule has 0 spiro atoms. The van der Waals surface area contributed by atoms with Crippen LogP contribution in [0.15, 0.2) is 12.2 Å². The SMILES string of the molecule is C=C(C(=O)OCC1CCCCC1)C(C)O. The molecule has 0 aromatic carbocycles. The van der Waals surface area contributed by atoms with Gasteiger partial charge in [0.05, 0.1) is 18.3 Å². The third kappa shape index (κ3) is 4.04. The Morgan fingerprint density at radius 1 is 1.47 bits per heavy atom. The third-order valence-corrected chi connectivity index (χ3v) is 2.94. The lowest BCUT2D eigenvalue weighted by Crippen LogP contribution is -2.21. The molecular weight excluding hydrogens is 192 g/mol. The number of hydrogen-bond acceptors (Lipinski definition) is 3. The molecule has 15 heavy (non-hydrogen) atoms. The second-order valence-electron chi connectivity index (χ2n) is 4.30. The van der Waals surface area contributed by atoms with Crippen LogP contribution in [0.2, 0.25) is 0 Å². The van der Waals surface area contributed by atoms with Gasteiger partial charge in [0, 0.05) is 0 Å². The van der Waals surface area contributed by atoms with Gasteiger partial charge >= 0.3 is 5.97 Å². The van der Waals surface area contributed by atoms with Crippen LogP contribution in [-0.4, -0.2) is 23.8 Å². The van der Waals surface area contributed by atoms with Crippen LogP contribution in [0.25, 0.3) is 0 Å². The summed E-state index contributed by atoms with van der Waals surface area (Å²) in [6.07, 6.45) is 5.25. The van der Waals surface area contributed by atoms with Crippen molar-refractivity contribution in [2.45, 2.75) is 45.1 Å². The predicted octanol–water partition coefficient (Wildman–Crippen LogP) is 2.05. The second kappa shape index (κ2) is 5.91. The molecular formula is C12H20O3. The first-order valence-electron chi connectivity index (χ1n) is 5.65. The lowest BCUT2D eigenvalue weighted by molar-refractivity contribution is -0.141. The van der Waals surface area contributed by atoms with Crippen molar-refractivity contribution < 1.29 is 14.6 Å². The van der Waals surface area contributed by atoms with E-state index in [1.165, 1.54) is 26.2 Å². The van der Waals surface area contributed by atoms with Gasteiger partial charge in [-0.3, -0.25) is 0 Å². The standard InChI is InChI=1S/C12H20O3/c1-9(10(2)13)12(14)15-8-11-6-4-3-5-7-11/h10-11,13H,1,3-8H2,2H3. The number of aliphatic hydroxyl groups is 1. The largest absolute Gasteiger partial charge is 0.462 e. The average molecular weight is 212 g/mol. The second-order valence-corrected chi connectivity index (χ2v) is 4.30. The molecule has 0 bridgehead atoms. The zero-order chi connectivity index (χ0) is 11.3. The molecule has 0 radical (unpaired) electrons. The highest BCUT2D eigenvalue weighted by Crippen LogP contribution is 2.23. The fraction of sp³-hybridized carbons (Fsp3) is 0.750. The van der Waals surface area contributed by atoms with Crippen LogP contribution in [0.4, 0.5) is 0 Å². The maximum atomic E-state index is 11.3. The molecule has 0 aromatic heterocycles. The van der Waals surface area contributed by atoms with Crippen molar-refractivity contribution in [2.75, 3.05) is 6.61 Å². The van der Waals surface area contributed by atoms with Crippen LogP contribution >= 0.6 is 0 Å². The highest BCUT2D eigenvalue weighted by atomic mass is 16.5. The minimum Gasteiger partial charge on any atom is -0.462 e. The molecule has 0 saturated heterocycles. The van der Waals surface area contributed by atoms with E-state index in [9.17, 15) is 4.79 Å². The van der Waals surface area contributed by atoms with Gasteiger partial charge in [-0.05, 0) is 25.7 Å². The fourth-order valence-corrected chi connectivity index (χ4v) is 1.81. The summed E-state index contributed by atoms with van der Waals surface area (Å²) in [6.45, 7) is 5.49. The molecule has 1 saturated carbocycles. The van der Waals surface area contributed by atoms with E-state index in [0.29, 0.717) is 12.5 Å². The van der Waals surface area contributed by atoms with Crippen molar-refractivity contribution in [2.24, 2.45) is 5.92 Å². The Kier molecular flexibility index (Phi) is 4.82. The van der Waals surface area contributed by atoms with Crippen molar-refractivity contribution in [1.29, 1.82) is 0 Å². The first-order valence-corrected chi connectivity index (χ1v) is 5.65. The van der Waals surface area contributed by atoms with Gasteiger partial charge in [-0.2, -0.15) is 0 Å². The van der Waals surface area contributed by atoms with Gasteiger partial charge in [0.25, 0.3) is 0 Å². The van der Waals surface area contributed by atoms with Crippen LogP contribution in [-0.2, 0) is 9.53 Å². The molecule has 3 nitrogen and oxygen atoms in total. The summed E-state index contributed by atoms with van der Waals surface area (Å²) in [6, 6.07) is 0. The zero-order valence-electron chi connectivity index (χ0n) is 9.37. The van der Waals surface area contributed by atoms with Gasteiger partial charge in [0.1, 0.15) is 0 Å². The van der Waals surface area contributed by atoms with E-state index in [4.69, 9.17) is 9.84 Å². The van der Waals surface area contributed by atoms with Crippen molar-refractivity contribution in [1.82, 2.24) is 0 Å². The van der Waals surface area contributed by atoms with Gasteiger partial charge in [0.15, 0.2) is 0 Å². The van der Waals surface area contributed by atoms with Crippen molar-refractivity contribution in [3.8, 4) is 0 Å². The van der Waals surface area contributed by atoms with Crippen LogP contribution in [0.1, 0.15) is 39.0 Å². The topological polar surface area (TPSA) is 46.5 Å². The number of ether oxygens (including phenoxy) is 1. The van der Waals surface area contributed by atoms with Gasteiger partial charge < -0.3 is 9.84 Å². The van der Waals surface area contributed by atoms with Gasteiger partial charge in [-0.15, -0.1) is 0 Å². The third-order valence-electron chi connectivity index (χ3n) is 2.94. The fourth-order valence-electron chi connectivity index (χ4n) is 1.81. The summed E-state index contributed by atoms with van der Waals surface area (Å²) in [5.74, 6) is 0.0417. The highest BCUT2D eigenvalue weighted by Gasteiger charge is 2.18. The van der Waals surface area contributed by atoms with E-state index in [1.807, 2.05) is 0 Å². The molecule has 1 aliphatic carbocycles. The van der Waals surface area contributed by atoms with Crippen molar-refractivity contribution >= 4 is 5.97 Å². The van der Waals surface area contributed by atoms with Gasteiger partial charge in [-0.1, -0.05) is 25.8 Å². The lowest BCUT2D eigenvalue weighted by Gasteiger charge is -2.21. The molecule has 1 aliphatic rings. The van der Waals surface area contributed by atoms with Crippen molar-refractivity contribution in [3.63, 3.8) is 0 Å². The lowest BCUT2D eigenvalue weighted by atomic mass is 9.90. The predicted molar refractivity (Wildman–Crippen MR) is 58.4 cm³/mol. The molecule has 1 N–H and O–H groups in total. The quantitative estimate of drug-likeness (QED) is 0.573. The molecule has 0 heterocycles. The van der Waals surface area contributed by atoms with E-state index in [0.717, 1.165) is 12.8 Å². The molecule has 0 aliphatic heterocycles. The number of rotatable bonds is 4. The minimum absolute atomic E-state index is 0.144. The molecule has 0 aromatic rings. The number of carbonyl (C=O) groups excluding carboxylic acids is 1. The van der Waals surface area contributed by atoms with Gasteiger partial charge in [0.2, 0.25) is 0 Å². The molecule has 1 unspecified atom stereocenters. The van der Waals surface area contributed by atoms with E-state index in [-0.39, 0.29) is 5.57 Å². The van der Waals surface area contributed by atoms with Crippen LogP contribution < -0.4 is 0 Å². The maximum absolute atomic E-state index is 11.3. The molecule has 1 fully saturated rings. The summed E-state index contributed by atoms with van der Waals surface area (Å²) >= 11 is 0. The average Bonchev–Trinajstić information content (AvgIpc) is 2.26. The molecule has 3 heteroatoms. The summed E-state index contributed by atoms with van der Waals surface area (Å²) in [7, 11) is 0. The van der Waals surface area contributed by atoms with E-state index in [1.54, 1.807) is 0 Å². The smallest absolute Gasteiger partial charge is 0.336 e. The number of hydrogen-bond donors (Lipinski definition) is 1. The number of aliphatic hydroxyl groups excluding tert-OH is 1. The number of esters is 1. The normalized spacial score (nSPS) is 19.6. The van der Waals surface area contributed by atoms with Crippen LogP contribution in [0, 0.1) is 5.92 Å². The summed E-state index contributed by atoms with van der Waals surface area (Å²) < 4.78 is 5.11. The van der Waals surface area contributed by atoms with Crippen LogP contribution in [0.3, 0.4) is 0 Å². The Morgan fingerprint density at radius 2 is 2.07 bits per heavy atom. The highest BCUT2D eigenvalue weighted by molar-refractivity contribution is 5.88. The van der Waals surface area contributed by atoms with E-state index in [2.05, 4.69) is 6.58 Å². The first-order chi connectivity index (χ1) is 7.11.